The van der Waals surface area contributed by atoms with Gasteiger partial charge >= 0.3 is 0 Å². The Balaban J connectivity index is 2.51. The van der Waals surface area contributed by atoms with Crippen molar-refractivity contribution in [3.63, 3.8) is 0 Å². The molecule has 0 heterocycles. The molecule has 0 fully saturated rings. The van der Waals surface area contributed by atoms with Crippen LogP contribution in [0.3, 0.4) is 0 Å². The highest BCUT2D eigenvalue weighted by atomic mass is 19.1. The number of hydrogen-bond donors (Lipinski definition) is 1. The van der Waals surface area contributed by atoms with Gasteiger partial charge in [-0.2, -0.15) is 0 Å². The summed E-state index contributed by atoms with van der Waals surface area (Å²) in [5.41, 5.74) is 1.15. The molecule has 1 aromatic carbocycles. The molecule has 2 atom stereocenters. The number of unbranched alkanes of at least 4 members (excludes halogenated alkanes) is 1. The minimum Gasteiger partial charge on any atom is -0.307 e. The molecule has 96 valence electrons. The lowest BCUT2D eigenvalue weighted by Gasteiger charge is -2.22. The summed E-state index contributed by atoms with van der Waals surface area (Å²) in [6.07, 6.45) is 4.87. The molecule has 0 saturated heterocycles. The molecule has 0 amide bonds. The van der Waals surface area contributed by atoms with E-state index in [4.69, 9.17) is 0 Å². The quantitative estimate of drug-likeness (QED) is 0.739. The lowest BCUT2D eigenvalue weighted by atomic mass is 10.0. The van der Waals surface area contributed by atoms with Gasteiger partial charge in [-0.05, 0) is 37.5 Å². The fraction of sp³-hybridized carbons (Fsp3) is 0.600. The molecule has 2 heteroatoms. The van der Waals surface area contributed by atoms with Gasteiger partial charge in [0, 0.05) is 12.1 Å². The van der Waals surface area contributed by atoms with E-state index in [-0.39, 0.29) is 11.9 Å². The maximum Gasteiger partial charge on any atom is 0.123 e. The van der Waals surface area contributed by atoms with Crippen LogP contribution in [0.2, 0.25) is 0 Å². The van der Waals surface area contributed by atoms with E-state index in [2.05, 4.69) is 26.1 Å². The van der Waals surface area contributed by atoms with Crippen LogP contribution >= 0.6 is 0 Å². The van der Waals surface area contributed by atoms with Crippen molar-refractivity contribution >= 4 is 0 Å². The van der Waals surface area contributed by atoms with E-state index < -0.39 is 0 Å². The largest absolute Gasteiger partial charge is 0.307 e. The van der Waals surface area contributed by atoms with Gasteiger partial charge in [0.1, 0.15) is 5.82 Å². The number of nitrogens with one attached hydrogen (secondary N) is 1. The second kappa shape index (κ2) is 7.44. The standard InChI is InChI=1S/C15H24FN/c1-4-6-7-15(5-2)17-12(3)13-8-10-14(16)11-9-13/h8-12,15,17H,4-7H2,1-3H3. The minimum absolute atomic E-state index is 0.168. The molecule has 0 aliphatic carbocycles. The number of halogens is 1. The highest BCUT2D eigenvalue weighted by molar-refractivity contribution is 5.19. The van der Waals surface area contributed by atoms with Crippen LogP contribution in [0.25, 0.3) is 0 Å². The first-order chi connectivity index (χ1) is 8.17. The van der Waals surface area contributed by atoms with Crippen LogP contribution in [-0.2, 0) is 0 Å². The maximum atomic E-state index is 12.8. The highest BCUT2D eigenvalue weighted by Crippen LogP contribution is 2.16. The third-order valence-electron chi connectivity index (χ3n) is 3.25. The summed E-state index contributed by atoms with van der Waals surface area (Å²) in [4.78, 5) is 0. The summed E-state index contributed by atoms with van der Waals surface area (Å²) in [5, 5.41) is 3.61. The molecular formula is C15H24FN. The summed E-state index contributed by atoms with van der Waals surface area (Å²) in [7, 11) is 0. The van der Waals surface area contributed by atoms with E-state index in [0.29, 0.717) is 6.04 Å². The number of rotatable bonds is 7. The lowest BCUT2D eigenvalue weighted by molar-refractivity contribution is 0.410. The third kappa shape index (κ3) is 4.86. The molecule has 0 aromatic heterocycles. The van der Waals surface area contributed by atoms with Crippen molar-refractivity contribution in [1.29, 1.82) is 0 Å². The first kappa shape index (κ1) is 14.2. The fourth-order valence-electron chi connectivity index (χ4n) is 2.06. The molecule has 2 unspecified atom stereocenters. The van der Waals surface area contributed by atoms with Crippen LogP contribution < -0.4 is 5.32 Å². The van der Waals surface area contributed by atoms with Crippen LogP contribution in [0.15, 0.2) is 24.3 Å². The predicted octanol–water partition coefficient (Wildman–Crippen LogP) is 4.45. The predicted molar refractivity (Wildman–Crippen MR) is 71.6 cm³/mol. The first-order valence-electron chi connectivity index (χ1n) is 6.68. The molecule has 0 aliphatic rings. The molecule has 17 heavy (non-hydrogen) atoms. The van der Waals surface area contributed by atoms with E-state index in [1.165, 1.54) is 31.4 Å². The van der Waals surface area contributed by atoms with Gasteiger partial charge in [0.15, 0.2) is 0 Å². The Bertz CT molecular complexity index is 307. The lowest BCUT2D eigenvalue weighted by Crippen LogP contribution is -2.30. The van der Waals surface area contributed by atoms with Gasteiger partial charge in [-0.25, -0.2) is 4.39 Å². The van der Waals surface area contributed by atoms with E-state index >= 15 is 0 Å². The summed E-state index contributed by atoms with van der Waals surface area (Å²) >= 11 is 0. The van der Waals surface area contributed by atoms with Crippen molar-refractivity contribution in [2.24, 2.45) is 0 Å². The molecule has 1 aromatic rings. The van der Waals surface area contributed by atoms with Gasteiger partial charge in [-0.1, -0.05) is 38.8 Å². The molecule has 0 saturated carbocycles. The molecule has 0 bridgehead atoms. The average molecular weight is 237 g/mol. The Kier molecular flexibility index (Phi) is 6.20. The van der Waals surface area contributed by atoms with Gasteiger partial charge in [0.2, 0.25) is 0 Å². The van der Waals surface area contributed by atoms with Crippen molar-refractivity contribution in [1.82, 2.24) is 5.32 Å². The fourth-order valence-corrected chi connectivity index (χ4v) is 2.06. The second-order valence-corrected chi connectivity index (χ2v) is 4.69. The Morgan fingerprint density at radius 1 is 1.18 bits per heavy atom. The number of hydrogen-bond acceptors (Lipinski definition) is 1. The molecule has 1 nitrogen and oxygen atoms in total. The normalized spacial score (nSPS) is 14.6. The van der Waals surface area contributed by atoms with Crippen LogP contribution in [0.5, 0.6) is 0 Å². The molecule has 0 spiro atoms. The van der Waals surface area contributed by atoms with Gasteiger partial charge in [0.05, 0.1) is 0 Å². The molecule has 0 radical (unpaired) electrons. The van der Waals surface area contributed by atoms with Crippen molar-refractivity contribution in [2.45, 2.75) is 58.5 Å². The maximum absolute atomic E-state index is 12.8. The Hall–Kier alpha value is -0.890. The van der Waals surface area contributed by atoms with E-state index in [1.54, 1.807) is 0 Å². The summed E-state index contributed by atoms with van der Waals surface area (Å²) in [5.74, 6) is -0.168. The average Bonchev–Trinajstić information content (AvgIpc) is 2.35. The van der Waals surface area contributed by atoms with Gasteiger partial charge in [-0.15, -0.1) is 0 Å². The molecule has 1 N–H and O–H groups in total. The zero-order chi connectivity index (χ0) is 12.7. The molecular weight excluding hydrogens is 213 g/mol. The smallest absolute Gasteiger partial charge is 0.123 e. The van der Waals surface area contributed by atoms with Crippen LogP contribution in [0.4, 0.5) is 4.39 Å². The van der Waals surface area contributed by atoms with Gasteiger partial charge < -0.3 is 5.32 Å². The topological polar surface area (TPSA) is 12.0 Å². The van der Waals surface area contributed by atoms with Crippen molar-refractivity contribution in [3.8, 4) is 0 Å². The van der Waals surface area contributed by atoms with Gasteiger partial charge in [0.25, 0.3) is 0 Å². The van der Waals surface area contributed by atoms with Crippen molar-refractivity contribution in [2.75, 3.05) is 0 Å². The minimum atomic E-state index is -0.168. The molecule has 1 rings (SSSR count). The van der Waals surface area contributed by atoms with E-state index in [9.17, 15) is 4.39 Å². The Morgan fingerprint density at radius 3 is 2.35 bits per heavy atom. The van der Waals surface area contributed by atoms with Crippen molar-refractivity contribution < 1.29 is 4.39 Å². The second-order valence-electron chi connectivity index (χ2n) is 4.69. The highest BCUT2D eigenvalue weighted by Gasteiger charge is 2.11. The molecule has 0 aliphatic heterocycles. The van der Waals surface area contributed by atoms with E-state index in [1.807, 2.05) is 12.1 Å². The number of benzene rings is 1. The summed E-state index contributed by atoms with van der Waals surface area (Å²) < 4.78 is 12.8. The Morgan fingerprint density at radius 2 is 1.82 bits per heavy atom. The van der Waals surface area contributed by atoms with E-state index in [0.717, 1.165) is 12.0 Å². The summed E-state index contributed by atoms with van der Waals surface area (Å²) in [6.45, 7) is 6.57. The van der Waals surface area contributed by atoms with Crippen LogP contribution in [0.1, 0.15) is 58.1 Å². The third-order valence-corrected chi connectivity index (χ3v) is 3.25. The summed E-state index contributed by atoms with van der Waals surface area (Å²) in [6, 6.07) is 7.63. The van der Waals surface area contributed by atoms with Crippen LogP contribution in [-0.4, -0.2) is 6.04 Å². The Labute approximate surface area is 104 Å². The van der Waals surface area contributed by atoms with Gasteiger partial charge in [-0.3, -0.25) is 0 Å². The van der Waals surface area contributed by atoms with Crippen LogP contribution in [0, 0.1) is 5.82 Å². The van der Waals surface area contributed by atoms with Crippen molar-refractivity contribution in [3.05, 3.63) is 35.6 Å². The monoisotopic (exact) mass is 237 g/mol. The SMILES string of the molecule is CCCCC(CC)NC(C)c1ccc(F)cc1. The zero-order valence-corrected chi connectivity index (χ0v) is 11.2. The zero-order valence-electron chi connectivity index (χ0n) is 11.2. The first-order valence-corrected chi connectivity index (χ1v) is 6.68.